The lowest BCUT2D eigenvalue weighted by Crippen LogP contribution is -2.42. The summed E-state index contributed by atoms with van der Waals surface area (Å²) in [7, 11) is 4.12. The summed E-state index contributed by atoms with van der Waals surface area (Å²) >= 11 is 0. The fraction of sp³-hybridized carbons (Fsp3) is 0.600. The van der Waals surface area contributed by atoms with Crippen molar-refractivity contribution in [3.63, 3.8) is 0 Å². The number of hydrogen-bond acceptors (Lipinski definition) is 3. The lowest BCUT2D eigenvalue weighted by Gasteiger charge is -2.37. The van der Waals surface area contributed by atoms with Crippen LogP contribution in [-0.2, 0) is 0 Å². The summed E-state index contributed by atoms with van der Waals surface area (Å²) in [5, 5.41) is 9.80. The molecule has 1 heterocycles. The smallest absolute Gasteiger partial charge is 0.131 e. The average Bonchev–Trinajstić information content (AvgIpc) is 2.38. The molecule has 1 aliphatic rings. The number of piperidine rings is 1. The predicted octanol–water partition coefficient (Wildman–Crippen LogP) is 2.41. The van der Waals surface area contributed by atoms with E-state index in [2.05, 4.69) is 16.8 Å². The van der Waals surface area contributed by atoms with Crippen molar-refractivity contribution in [1.29, 1.82) is 0 Å². The molecule has 2 rings (SSSR count). The second-order valence-electron chi connectivity index (χ2n) is 5.49. The van der Waals surface area contributed by atoms with E-state index in [0.29, 0.717) is 11.6 Å². The number of rotatable bonds is 3. The Morgan fingerprint density at radius 1 is 1.37 bits per heavy atom. The average molecular weight is 266 g/mol. The van der Waals surface area contributed by atoms with Crippen LogP contribution in [0, 0.1) is 5.82 Å². The minimum absolute atomic E-state index is 0.327. The predicted molar refractivity (Wildman–Crippen MR) is 76.0 cm³/mol. The van der Waals surface area contributed by atoms with Crippen LogP contribution < -0.4 is 4.90 Å². The van der Waals surface area contributed by atoms with Crippen LogP contribution in [0.3, 0.4) is 0 Å². The van der Waals surface area contributed by atoms with Crippen molar-refractivity contribution in [2.24, 2.45) is 0 Å². The standard InChI is InChI=1S/C15H23FN2O/c1-11(19)15-13(16)5-4-6-14(15)18(3)12-7-9-17(2)10-8-12/h4-6,11-12,19H,7-10H2,1-3H3. The maximum absolute atomic E-state index is 13.9. The third-order valence-electron chi connectivity index (χ3n) is 4.06. The lowest BCUT2D eigenvalue weighted by molar-refractivity contribution is 0.194. The molecule has 1 aliphatic heterocycles. The molecule has 4 heteroatoms. The number of aliphatic hydroxyl groups excluding tert-OH is 1. The molecular formula is C15H23FN2O. The molecule has 0 aromatic heterocycles. The number of aliphatic hydroxyl groups is 1. The van der Waals surface area contributed by atoms with Crippen molar-refractivity contribution in [3.05, 3.63) is 29.6 Å². The van der Waals surface area contributed by atoms with Crippen LogP contribution in [0.1, 0.15) is 31.4 Å². The van der Waals surface area contributed by atoms with Gasteiger partial charge in [0.1, 0.15) is 5.82 Å². The minimum atomic E-state index is -0.787. The molecule has 106 valence electrons. The highest BCUT2D eigenvalue weighted by Crippen LogP contribution is 2.31. The van der Waals surface area contributed by atoms with Gasteiger partial charge < -0.3 is 14.9 Å². The minimum Gasteiger partial charge on any atom is -0.389 e. The second kappa shape index (κ2) is 5.88. The van der Waals surface area contributed by atoms with Crippen LogP contribution in [0.15, 0.2) is 18.2 Å². The van der Waals surface area contributed by atoms with E-state index in [9.17, 15) is 9.50 Å². The summed E-state index contributed by atoms with van der Waals surface area (Å²) in [5.41, 5.74) is 1.22. The van der Waals surface area contributed by atoms with Crippen molar-refractivity contribution in [2.75, 3.05) is 32.1 Å². The summed E-state index contributed by atoms with van der Waals surface area (Å²) in [5.74, 6) is -0.327. The fourth-order valence-electron chi connectivity index (χ4n) is 2.83. The highest BCUT2D eigenvalue weighted by molar-refractivity contribution is 5.55. The Hall–Kier alpha value is -1.13. The van der Waals surface area contributed by atoms with Gasteiger partial charge in [-0.1, -0.05) is 6.07 Å². The Morgan fingerprint density at radius 2 is 2.00 bits per heavy atom. The molecule has 1 N–H and O–H groups in total. The van der Waals surface area contributed by atoms with Crippen molar-refractivity contribution in [2.45, 2.75) is 31.9 Å². The maximum atomic E-state index is 13.9. The Balaban J connectivity index is 2.23. The van der Waals surface area contributed by atoms with E-state index in [1.165, 1.54) is 6.07 Å². The molecule has 0 spiro atoms. The summed E-state index contributed by atoms with van der Waals surface area (Å²) in [6.45, 7) is 3.74. The van der Waals surface area contributed by atoms with Gasteiger partial charge in [-0.3, -0.25) is 0 Å². The maximum Gasteiger partial charge on any atom is 0.131 e. The van der Waals surface area contributed by atoms with Crippen molar-refractivity contribution < 1.29 is 9.50 Å². The molecule has 0 aliphatic carbocycles. The molecule has 1 unspecified atom stereocenters. The van der Waals surface area contributed by atoms with Gasteiger partial charge in [-0.15, -0.1) is 0 Å². The van der Waals surface area contributed by atoms with Crippen LogP contribution in [0.25, 0.3) is 0 Å². The molecule has 0 radical (unpaired) electrons. The third kappa shape index (κ3) is 3.07. The molecule has 1 aromatic rings. The van der Waals surface area contributed by atoms with E-state index in [1.807, 2.05) is 13.1 Å². The van der Waals surface area contributed by atoms with Gasteiger partial charge in [0, 0.05) is 24.3 Å². The van der Waals surface area contributed by atoms with Crippen LogP contribution in [0.4, 0.5) is 10.1 Å². The number of anilines is 1. The van der Waals surface area contributed by atoms with Crippen molar-refractivity contribution in [1.82, 2.24) is 4.90 Å². The zero-order chi connectivity index (χ0) is 14.0. The Kier molecular flexibility index (Phi) is 4.42. The van der Waals surface area contributed by atoms with Gasteiger partial charge in [0.05, 0.1) is 6.10 Å². The van der Waals surface area contributed by atoms with Crippen molar-refractivity contribution >= 4 is 5.69 Å². The zero-order valence-electron chi connectivity index (χ0n) is 11.9. The summed E-state index contributed by atoms with van der Waals surface area (Å²) < 4.78 is 13.9. The van der Waals surface area contributed by atoms with Gasteiger partial charge >= 0.3 is 0 Å². The van der Waals surface area contributed by atoms with E-state index < -0.39 is 6.10 Å². The third-order valence-corrected chi connectivity index (χ3v) is 4.06. The first kappa shape index (κ1) is 14.3. The molecule has 0 bridgehead atoms. The van der Waals surface area contributed by atoms with Gasteiger partial charge in [0.25, 0.3) is 0 Å². The van der Waals surface area contributed by atoms with E-state index >= 15 is 0 Å². The van der Waals surface area contributed by atoms with Gasteiger partial charge in [0.15, 0.2) is 0 Å². The van der Waals surface area contributed by atoms with E-state index in [-0.39, 0.29) is 5.82 Å². The SMILES string of the molecule is CC(O)c1c(F)cccc1N(C)C1CCN(C)CC1. The molecule has 1 fully saturated rings. The molecule has 0 amide bonds. The highest BCUT2D eigenvalue weighted by atomic mass is 19.1. The summed E-state index contributed by atoms with van der Waals surface area (Å²) in [6.07, 6.45) is 1.36. The molecule has 1 atom stereocenters. The van der Waals surface area contributed by atoms with Gasteiger partial charge in [-0.05, 0) is 52.0 Å². The van der Waals surface area contributed by atoms with Gasteiger partial charge in [-0.25, -0.2) is 4.39 Å². The summed E-state index contributed by atoms with van der Waals surface area (Å²) in [6, 6.07) is 5.43. The first-order valence-corrected chi connectivity index (χ1v) is 6.88. The van der Waals surface area contributed by atoms with Gasteiger partial charge in [-0.2, -0.15) is 0 Å². The van der Waals surface area contributed by atoms with Gasteiger partial charge in [0.2, 0.25) is 0 Å². The van der Waals surface area contributed by atoms with Crippen LogP contribution in [0.5, 0.6) is 0 Å². The molecule has 3 nitrogen and oxygen atoms in total. The highest BCUT2D eigenvalue weighted by Gasteiger charge is 2.24. The Morgan fingerprint density at radius 3 is 2.58 bits per heavy atom. The lowest BCUT2D eigenvalue weighted by atomic mass is 10.0. The zero-order valence-corrected chi connectivity index (χ0v) is 11.9. The number of likely N-dealkylation sites (tertiary alicyclic amines) is 1. The monoisotopic (exact) mass is 266 g/mol. The molecular weight excluding hydrogens is 243 g/mol. The van der Waals surface area contributed by atoms with E-state index in [0.717, 1.165) is 31.6 Å². The first-order valence-electron chi connectivity index (χ1n) is 6.88. The summed E-state index contributed by atoms with van der Waals surface area (Å²) in [4.78, 5) is 4.43. The topological polar surface area (TPSA) is 26.7 Å². The fourth-order valence-corrected chi connectivity index (χ4v) is 2.83. The largest absolute Gasteiger partial charge is 0.389 e. The van der Waals surface area contributed by atoms with E-state index in [1.54, 1.807) is 13.0 Å². The number of hydrogen-bond donors (Lipinski definition) is 1. The quantitative estimate of drug-likeness (QED) is 0.910. The van der Waals surface area contributed by atoms with Crippen LogP contribution >= 0.6 is 0 Å². The first-order chi connectivity index (χ1) is 9.00. The Labute approximate surface area is 114 Å². The molecule has 0 saturated carbocycles. The Bertz CT molecular complexity index is 428. The van der Waals surface area contributed by atoms with Crippen LogP contribution in [0.2, 0.25) is 0 Å². The number of nitrogens with zero attached hydrogens (tertiary/aromatic N) is 2. The molecule has 1 aromatic carbocycles. The molecule has 19 heavy (non-hydrogen) atoms. The van der Waals surface area contributed by atoms with Crippen LogP contribution in [-0.4, -0.2) is 43.2 Å². The molecule has 1 saturated heterocycles. The van der Waals surface area contributed by atoms with Crippen molar-refractivity contribution in [3.8, 4) is 0 Å². The number of benzene rings is 1. The normalized spacial score (nSPS) is 19.4. The number of halogens is 1. The van der Waals surface area contributed by atoms with E-state index in [4.69, 9.17) is 0 Å². The second-order valence-corrected chi connectivity index (χ2v) is 5.49.